The van der Waals surface area contributed by atoms with E-state index in [9.17, 15) is 0 Å². The lowest BCUT2D eigenvalue weighted by atomic mass is 10.4. The van der Waals surface area contributed by atoms with Crippen LogP contribution in [0.15, 0.2) is 17.3 Å². The molecule has 1 aliphatic rings. The Morgan fingerprint density at radius 1 is 1.50 bits per heavy atom. The van der Waals surface area contributed by atoms with Gasteiger partial charge in [-0.15, -0.1) is 11.8 Å². The van der Waals surface area contributed by atoms with E-state index >= 15 is 0 Å². The summed E-state index contributed by atoms with van der Waals surface area (Å²) in [4.78, 5) is 12.1. The average molecular weight is 200 g/mol. The van der Waals surface area contributed by atoms with E-state index in [4.69, 9.17) is 11.6 Å². The molecule has 0 unspecified atom stereocenters. The van der Waals surface area contributed by atoms with Crippen LogP contribution < -0.4 is 0 Å². The zero-order valence-corrected chi connectivity index (χ0v) is 7.77. The number of aliphatic imine (C=N–C) groups is 1. The maximum atomic E-state index is 5.64. The van der Waals surface area contributed by atoms with Crippen LogP contribution in [0.1, 0.15) is 5.69 Å². The summed E-state index contributed by atoms with van der Waals surface area (Å²) in [7, 11) is 0. The van der Waals surface area contributed by atoms with Crippen LogP contribution in [-0.2, 0) is 0 Å². The van der Waals surface area contributed by atoms with E-state index in [1.807, 2.05) is 6.07 Å². The molecule has 0 saturated carbocycles. The van der Waals surface area contributed by atoms with E-state index < -0.39 is 0 Å². The van der Waals surface area contributed by atoms with Gasteiger partial charge in [0.1, 0.15) is 5.04 Å². The van der Waals surface area contributed by atoms with Gasteiger partial charge in [0.2, 0.25) is 5.28 Å². The molecule has 0 fully saturated rings. The summed E-state index contributed by atoms with van der Waals surface area (Å²) in [6, 6.07) is 1.82. The standard InChI is InChI=1S/C7H6ClN3S/c8-7-10-2-1-5(11-7)6-9-3-4-12-6/h1-2H,3-4H2. The zero-order chi connectivity index (χ0) is 8.39. The van der Waals surface area contributed by atoms with E-state index in [0.717, 1.165) is 23.0 Å². The molecule has 2 heterocycles. The minimum absolute atomic E-state index is 0.280. The Hall–Kier alpha value is -0.610. The molecule has 3 nitrogen and oxygen atoms in total. The summed E-state index contributed by atoms with van der Waals surface area (Å²) in [5.74, 6) is 1.04. The molecule has 0 N–H and O–H groups in total. The summed E-state index contributed by atoms with van der Waals surface area (Å²) in [5.41, 5.74) is 0.831. The Labute approximate surface area is 79.3 Å². The maximum Gasteiger partial charge on any atom is 0.222 e. The fourth-order valence-corrected chi connectivity index (χ4v) is 1.91. The molecule has 12 heavy (non-hydrogen) atoms. The predicted molar refractivity (Wildman–Crippen MR) is 50.9 cm³/mol. The first-order chi connectivity index (χ1) is 5.86. The van der Waals surface area contributed by atoms with E-state index in [-0.39, 0.29) is 5.28 Å². The van der Waals surface area contributed by atoms with Crippen LogP contribution >= 0.6 is 23.4 Å². The van der Waals surface area contributed by atoms with Gasteiger partial charge in [0.05, 0.1) is 5.69 Å². The van der Waals surface area contributed by atoms with Crippen molar-refractivity contribution in [2.24, 2.45) is 4.99 Å². The Bertz CT molecular complexity index is 326. The predicted octanol–water partition coefficient (Wildman–Crippen LogP) is 1.62. The Balaban J connectivity index is 2.33. The van der Waals surface area contributed by atoms with Crippen molar-refractivity contribution in [3.63, 3.8) is 0 Å². The van der Waals surface area contributed by atoms with Crippen molar-refractivity contribution in [3.8, 4) is 0 Å². The minimum atomic E-state index is 0.280. The van der Waals surface area contributed by atoms with E-state index in [2.05, 4.69) is 15.0 Å². The number of hydrogen-bond acceptors (Lipinski definition) is 4. The second kappa shape index (κ2) is 3.41. The highest BCUT2D eigenvalue weighted by Gasteiger charge is 2.10. The molecule has 1 aliphatic heterocycles. The number of nitrogens with zero attached hydrogens (tertiary/aromatic N) is 3. The summed E-state index contributed by atoms with van der Waals surface area (Å²) < 4.78 is 0. The van der Waals surface area contributed by atoms with Gasteiger partial charge in [-0.3, -0.25) is 4.99 Å². The second-order valence-electron chi connectivity index (χ2n) is 2.25. The summed E-state index contributed by atoms with van der Waals surface area (Å²) in [6.07, 6.45) is 1.64. The highest BCUT2D eigenvalue weighted by Crippen LogP contribution is 2.17. The van der Waals surface area contributed by atoms with Crippen molar-refractivity contribution in [1.29, 1.82) is 0 Å². The van der Waals surface area contributed by atoms with Gasteiger partial charge in [0.25, 0.3) is 0 Å². The van der Waals surface area contributed by atoms with Gasteiger partial charge in [-0.05, 0) is 17.7 Å². The van der Waals surface area contributed by atoms with Crippen LogP contribution in [0.2, 0.25) is 5.28 Å². The van der Waals surface area contributed by atoms with Gasteiger partial charge in [-0.1, -0.05) is 0 Å². The first kappa shape index (κ1) is 8.01. The third kappa shape index (κ3) is 1.59. The Kier molecular flexibility index (Phi) is 2.28. The molecule has 0 atom stereocenters. The van der Waals surface area contributed by atoms with Gasteiger partial charge >= 0.3 is 0 Å². The van der Waals surface area contributed by atoms with Crippen molar-refractivity contribution < 1.29 is 0 Å². The SMILES string of the molecule is Clc1nccc(C2=NCCS2)n1. The quantitative estimate of drug-likeness (QED) is 0.646. The second-order valence-corrected chi connectivity index (χ2v) is 3.67. The van der Waals surface area contributed by atoms with Crippen LogP contribution in [0, 0.1) is 0 Å². The zero-order valence-electron chi connectivity index (χ0n) is 6.20. The Morgan fingerprint density at radius 3 is 3.08 bits per heavy atom. The molecule has 0 aromatic carbocycles. The van der Waals surface area contributed by atoms with Gasteiger partial charge in [-0.25, -0.2) is 9.97 Å². The van der Waals surface area contributed by atoms with Crippen LogP contribution in [0.4, 0.5) is 0 Å². The Morgan fingerprint density at radius 2 is 2.42 bits per heavy atom. The summed E-state index contributed by atoms with van der Waals surface area (Å²) in [6.45, 7) is 0.877. The minimum Gasteiger partial charge on any atom is -0.275 e. The van der Waals surface area contributed by atoms with Crippen LogP contribution in [0.25, 0.3) is 0 Å². The van der Waals surface area contributed by atoms with Crippen LogP contribution in [0.5, 0.6) is 0 Å². The summed E-state index contributed by atoms with van der Waals surface area (Å²) in [5, 5.41) is 1.25. The van der Waals surface area contributed by atoms with E-state index in [1.165, 1.54) is 0 Å². The maximum absolute atomic E-state index is 5.64. The van der Waals surface area contributed by atoms with Crippen LogP contribution in [-0.4, -0.2) is 27.3 Å². The lowest BCUT2D eigenvalue weighted by molar-refractivity contribution is 1.14. The number of rotatable bonds is 1. The molecule has 1 aromatic heterocycles. The first-order valence-corrected chi connectivity index (χ1v) is 4.89. The van der Waals surface area contributed by atoms with Gasteiger partial charge < -0.3 is 0 Å². The normalized spacial score (nSPS) is 16.2. The molecule has 0 aliphatic carbocycles. The third-order valence-corrected chi connectivity index (χ3v) is 2.61. The molecular formula is C7H6ClN3S. The highest BCUT2D eigenvalue weighted by atomic mass is 35.5. The average Bonchev–Trinajstić information content (AvgIpc) is 2.56. The van der Waals surface area contributed by atoms with Crippen LogP contribution in [0.3, 0.4) is 0 Å². The molecule has 0 saturated heterocycles. The van der Waals surface area contributed by atoms with E-state index in [0.29, 0.717) is 0 Å². The van der Waals surface area contributed by atoms with Gasteiger partial charge in [0.15, 0.2) is 0 Å². The van der Waals surface area contributed by atoms with Crippen molar-refractivity contribution >= 4 is 28.4 Å². The highest BCUT2D eigenvalue weighted by molar-refractivity contribution is 8.14. The largest absolute Gasteiger partial charge is 0.275 e. The molecule has 0 amide bonds. The number of thioether (sulfide) groups is 1. The molecule has 0 bridgehead atoms. The third-order valence-electron chi connectivity index (χ3n) is 1.43. The lowest BCUT2D eigenvalue weighted by Crippen LogP contribution is -1.96. The summed E-state index contributed by atoms with van der Waals surface area (Å²) >= 11 is 7.34. The monoisotopic (exact) mass is 199 g/mol. The number of halogens is 1. The topological polar surface area (TPSA) is 38.1 Å². The molecule has 2 rings (SSSR count). The smallest absolute Gasteiger partial charge is 0.222 e. The number of aromatic nitrogens is 2. The molecular weight excluding hydrogens is 194 g/mol. The molecule has 1 aromatic rings. The van der Waals surface area contributed by atoms with Gasteiger partial charge in [0, 0.05) is 18.5 Å². The molecule has 0 spiro atoms. The van der Waals surface area contributed by atoms with Gasteiger partial charge in [-0.2, -0.15) is 0 Å². The fourth-order valence-electron chi connectivity index (χ4n) is 0.944. The lowest BCUT2D eigenvalue weighted by Gasteiger charge is -1.96. The van der Waals surface area contributed by atoms with Crippen molar-refractivity contribution in [1.82, 2.24) is 9.97 Å². The molecule has 62 valence electrons. The fraction of sp³-hybridized carbons (Fsp3) is 0.286. The molecule has 0 radical (unpaired) electrons. The van der Waals surface area contributed by atoms with E-state index in [1.54, 1.807) is 18.0 Å². The molecule has 5 heteroatoms. The number of hydrogen-bond donors (Lipinski definition) is 0. The van der Waals surface area contributed by atoms with Crippen molar-refractivity contribution in [2.75, 3.05) is 12.3 Å². The van der Waals surface area contributed by atoms with Crippen molar-refractivity contribution in [3.05, 3.63) is 23.2 Å². The van der Waals surface area contributed by atoms with Crippen molar-refractivity contribution in [2.45, 2.75) is 0 Å². The first-order valence-electron chi connectivity index (χ1n) is 3.52.